The average molecular weight is 332 g/mol. The minimum Gasteiger partial charge on any atom is -0.393 e. The lowest BCUT2D eigenvalue weighted by Crippen LogP contribution is -2.56. The van der Waals surface area contributed by atoms with Crippen LogP contribution in [0.5, 0.6) is 0 Å². The number of hydrogen-bond acceptors (Lipinski definition) is 3. The number of carbonyl (C=O) groups is 1. The molecule has 4 aliphatic carbocycles. The van der Waals surface area contributed by atoms with E-state index in [2.05, 4.69) is 19.9 Å². The molecule has 0 bridgehead atoms. The van der Waals surface area contributed by atoms with Crippen molar-refractivity contribution >= 4 is 5.78 Å². The Morgan fingerprint density at radius 1 is 1.21 bits per heavy atom. The molecule has 0 spiro atoms. The molecule has 0 heterocycles. The van der Waals surface area contributed by atoms with E-state index in [1.807, 2.05) is 0 Å². The van der Waals surface area contributed by atoms with Gasteiger partial charge < -0.3 is 10.2 Å². The Kier molecular flexibility index (Phi) is 3.78. The summed E-state index contributed by atoms with van der Waals surface area (Å²) in [5.74, 6) is 1.79. The predicted octanol–water partition coefficient (Wildman–Crippen LogP) is 3.49. The molecule has 4 unspecified atom stereocenters. The van der Waals surface area contributed by atoms with E-state index < -0.39 is 0 Å². The van der Waals surface area contributed by atoms with E-state index in [1.54, 1.807) is 6.92 Å². The van der Waals surface area contributed by atoms with Crippen molar-refractivity contribution in [3.05, 3.63) is 11.6 Å². The first kappa shape index (κ1) is 16.8. The van der Waals surface area contributed by atoms with E-state index in [4.69, 9.17) is 0 Å². The van der Waals surface area contributed by atoms with Crippen LogP contribution in [0.3, 0.4) is 0 Å². The Morgan fingerprint density at radius 3 is 2.67 bits per heavy atom. The van der Waals surface area contributed by atoms with E-state index in [0.29, 0.717) is 23.5 Å². The van der Waals surface area contributed by atoms with Gasteiger partial charge in [-0.15, -0.1) is 0 Å². The zero-order valence-electron chi connectivity index (χ0n) is 15.3. The molecule has 0 amide bonds. The van der Waals surface area contributed by atoms with Gasteiger partial charge in [0.2, 0.25) is 0 Å². The molecule has 0 aromatic carbocycles. The maximum absolute atomic E-state index is 12.2. The maximum atomic E-state index is 12.2. The molecule has 3 saturated carbocycles. The fourth-order valence-electron chi connectivity index (χ4n) is 7.44. The number of fused-ring (bicyclic) bond motifs is 5. The molecule has 0 aromatic heterocycles. The van der Waals surface area contributed by atoms with Crippen molar-refractivity contribution in [2.24, 2.45) is 34.5 Å². The Labute approximate surface area is 145 Å². The molecule has 0 aromatic rings. The van der Waals surface area contributed by atoms with Crippen LogP contribution >= 0.6 is 0 Å². The van der Waals surface area contributed by atoms with Gasteiger partial charge in [0.15, 0.2) is 0 Å². The predicted molar refractivity (Wildman–Crippen MR) is 93.3 cm³/mol. The number of aliphatic hydroxyl groups excluding tert-OH is 2. The van der Waals surface area contributed by atoms with Crippen LogP contribution in [0, 0.1) is 34.5 Å². The van der Waals surface area contributed by atoms with Crippen molar-refractivity contribution in [2.75, 3.05) is 0 Å². The topological polar surface area (TPSA) is 57.5 Å². The highest BCUT2D eigenvalue weighted by Gasteiger charge is 2.62. The summed E-state index contributed by atoms with van der Waals surface area (Å²) >= 11 is 0. The summed E-state index contributed by atoms with van der Waals surface area (Å²) < 4.78 is 0. The zero-order valence-corrected chi connectivity index (χ0v) is 15.3. The number of carbonyl (C=O) groups excluding carboxylic acids is 1. The Morgan fingerprint density at radius 2 is 1.96 bits per heavy atom. The van der Waals surface area contributed by atoms with Crippen LogP contribution in [0.4, 0.5) is 0 Å². The van der Waals surface area contributed by atoms with Gasteiger partial charge in [-0.1, -0.05) is 25.5 Å². The fourth-order valence-corrected chi connectivity index (χ4v) is 7.44. The summed E-state index contributed by atoms with van der Waals surface area (Å²) in [6.45, 7) is 6.33. The van der Waals surface area contributed by atoms with Gasteiger partial charge in [0.05, 0.1) is 12.2 Å². The molecular weight excluding hydrogens is 300 g/mol. The largest absolute Gasteiger partial charge is 0.393 e. The molecule has 4 aliphatic rings. The third-order valence-electron chi connectivity index (χ3n) is 8.50. The standard InChI is InChI=1S/C21H32O3/c1-12(22)16-6-7-17-15-5-4-13-10-14(23)8-9-20(13,2)19(15)18(24)11-21(16,17)3/h4,14-19,23-24H,5-11H2,1-3H3/t14-,15?,16+,17?,18?,19?,20-,21+/m0/s1. The average Bonchev–Trinajstić information content (AvgIpc) is 2.84. The minimum absolute atomic E-state index is 0.0255. The number of Topliss-reactive ketones (excluding diaryl/α,β-unsaturated/α-hetero) is 1. The SMILES string of the molecule is CC(=O)[C@H]1CCC2C3CC=C4C[C@@H](O)CC[C@]4(C)C3C(O)C[C@@]21C. The van der Waals surface area contributed by atoms with Crippen LogP contribution in [0.25, 0.3) is 0 Å². The summed E-state index contributed by atoms with van der Waals surface area (Å²) in [5.41, 5.74) is 1.39. The first-order valence-corrected chi connectivity index (χ1v) is 9.83. The molecule has 0 aliphatic heterocycles. The molecule has 0 radical (unpaired) electrons. The van der Waals surface area contributed by atoms with Crippen LogP contribution < -0.4 is 0 Å². The van der Waals surface area contributed by atoms with E-state index in [1.165, 1.54) is 5.57 Å². The van der Waals surface area contributed by atoms with Crippen LogP contribution in [-0.2, 0) is 4.79 Å². The highest BCUT2D eigenvalue weighted by atomic mass is 16.3. The van der Waals surface area contributed by atoms with Gasteiger partial charge in [-0.2, -0.15) is 0 Å². The molecule has 3 fully saturated rings. The van der Waals surface area contributed by atoms with Crippen LogP contribution in [0.15, 0.2) is 11.6 Å². The summed E-state index contributed by atoms with van der Waals surface area (Å²) in [4.78, 5) is 12.2. The van der Waals surface area contributed by atoms with Gasteiger partial charge in [0, 0.05) is 5.92 Å². The molecule has 0 saturated heterocycles. The van der Waals surface area contributed by atoms with E-state index in [-0.39, 0.29) is 29.0 Å². The van der Waals surface area contributed by atoms with Gasteiger partial charge in [0.1, 0.15) is 5.78 Å². The van der Waals surface area contributed by atoms with Crippen molar-refractivity contribution in [3.63, 3.8) is 0 Å². The lowest BCUT2D eigenvalue weighted by Gasteiger charge is -2.59. The third-order valence-corrected chi connectivity index (χ3v) is 8.50. The molecule has 24 heavy (non-hydrogen) atoms. The van der Waals surface area contributed by atoms with Crippen LogP contribution in [0.1, 0.15) is 65.7 Å². The molecular formula is C21H32O3. The quantitative estimate of drug-likeness (QED) is 0.723. The molecule has 4 rings (SSSR count). The minimum atomic E-state index is -0.319. The second-order valence-electron chi connectivity index (χ2n) is 9.59. The van der Waals surface area contributed by atoms with E-state index >= 15 is 0 Å². The number of rotatable bonds is 1. The lowest BCUT2D eigenvalue weighted by molar-refractivity contribution is -0.140. The number of aliphatic hydroxyl groups is 2. The van der Waals surface area contributed by atoms with Crippen LogP contribution in [0.2, 0.25) is 0 Å². The monoisotopic (exact) mass is 332 g/mol. The van der Waals surface area contributed by atoms with Gasteiger partial charge in [0.25, 0.3) is 0 Å². The fraction of sp³-hybridized carbons (Fsp3) is 0.857. The lowest BCUT2D eigenvalue weighted by atomic mass is 9.46. The summed E-state index contributed by atoms with van der Waals surface area (Å²) in [6.07, 6.45) is 8.39. The first-order valence-electron chi connectivity index (χ1n) is 9.83. The van der Waals surface area contributed by atoms with Crippen molar-refractivity contribution in [3.8, 4) is 0 Å². The maximum Gasteiger partial charge on any atom is 0.133 e. The van der Waals surface area contributed by atoms with Crippen LogP contribution in [-0.4, -0.2) is 28.2 Å². The zero-order chi connectivity index (χ0) is 17.3. The Balaban J connectivity index is 1.71. The second-order valence-corrected chi connectivity index (χ2v) is 9.59. The van der Waals surface area contributed by atoms with Crippen molar-refractivity contribution in [2.45, 2.75) is 77.9 Å². The molecule has 2 N–H and O–H groups in total. The second kappa shape index (κ2) is 5.41. The first-order chi connectivity index (χ1) is 11.3. The highest BCUT2D eigenvalue weighted by Crippen LogP contribution is 2.66. The highest BCUT2D eigenvalue weighted by molar-refractivity contribution is 5.79. The third kappa shape index (κ3) is 2.13. The molecule has 8 atom stereocenters. The van der Waals surface area contributed by atoms with E-state index in [0.717, 1.165) is 44.9 Å². The van der Waals surface area contributed by atoms with Crippen molar-refractivity contribution < 1.29 is 15.0 Å². The Bertz CT molecular complexity index is 582. The Hall–Kier alpha value is -0.670. The summed E-state index contributed by atoms with van der Waals surface area (Å²) in [5, 5.41) is 21.3. The van der Waals surface area contributed by atoms with E-state index in [9.17, 15) is 15.0 Å². The van der Waals surface area contributed by atoms with Gasteiger partial charge in [-0.3, -0.25) is 4.79 Å². The van der Waals surface area contributed by atoms with Gasteiger partial charge in [-0.25, -0.2) is 0 Å². The van der Waals surface area contributed by atoms with Crippen molar-refractivity contribution in [1.82, 2.24) is 0 Å². The number of ketones is 1. The molecule has 3 nitrogen and oxygen atoms in total. The number of allylic oxidation sites excluding steroid dienone is 1. The van der Waals surface area contributed by atoms with Gasteiger partial charge in [-0.05, 0) is 80.5 Å². The normalized spacial score (nSPS) is 53.6. The molecule has 3 heteroatoms. The smallest absolute Gasteiger partial charge is 0.133 e. The van der Waals surface area contributed by atoms with Crippen molar-refractivity contribution in [1.29, 1.82) is 0 Å². The number of hydrogen-bond donors (Lipinski definition) is 2. The summed E-state index contributed by atoms with van der Waals surface area (Å²) in [6, 6.07) is 0. The molecule has 134 valence electrons. The van der Waals surface area contributed by atoms with Gasteiger partial charge >= 0.3 is 0 Å². The summed E-state index contributed by atoms with van der Waals surface area (Å²) in [7, 11) is 0.